The molecule has 0 saturated carbocycles. The summed E-state index contributed by atoms with van der Waals surface area (Å²) in [7, 11) is 1.61. The van der Waals surface area contributed by atoms with Gasteiger partial charge < -0.3 is 14.2 Å². The highest BCUT2D eigenvalue weighted by Crippen LogP contribution is 2.33. The first-order valence-corrected chi connectivity index (χ1v) is 8.98. The monoisotopic (exact) mass is 363 g/mol. The van der Waals surface area contributed by atoms with Gasteiger partial charge in [0.2, 0.25) is 11.7 Å². The molecule has 2 aromatic carbocycles. The van der Waals surface area contributed by atoms with Crippen LogP contribution in [0.1, 0.15) is 29.1 Å². The molecule has 1 aliphatic heterocycles. The summed E-state index contributed by atoms with van der Waals surface area (Å²) in [5.41, 5.74) is 1.57. The van der Waals surface area contributed by atoms with Gasteiger partial charge in [0.05, 0.1) is 13.0 Å². The normalized spacial score (nSPS) is 19.3. The molecule has 1 aromatic heterocycles. The van der Waals surface area contributed by atoms with Crippen molar-refractivity contribution in [2.75, 3.05) is 20.2 Å². The van der Waals surface area contributed by atoms with Crippen LogP contribution in [0.25, 0.3) is 11.4 Å². The maximum absolute atomic E-state index is 12.8. The number of hydrogen-bond acceptors (Lipinski definition) is 5. The summed E-state index contributed by atoms with van der Waals surface area (Å²) >= 11 is 0. The molecule has 2 atom stereocenters. The number of benzene rings is 2. The third-order valence-electron chi connectivity index (χ3n) is 5.03. The van der Waals surface area contributed by atoms with Crippen LogP contribution in [0.2, 0.25) is 0 Å². The number of aromatic nitrogens is 2. The van der Waals surface area contributed by atoms with Crippen LogP contribution < -0.4 is 4.74 Å². The van der Waals surface area contributed by atoms with E-state index >= 15 is 0 Å². The molecule has 3 aromatic rings. The average molecular weight is 363 g/mol. The first kappa shape index (κ1) is 17.3. The molecule has 0 spiro atoms. The molecule has 1 fully saturated rings. The highest BCUT2D eigenvalue weighted by Gasteiger charge is 2.37. The van der Waals surface area contributed by atoms with Crippen molar-refractivity contribution in [2.45, 2.75) is 12.8 Å². The Bertz CT molecular complexity index is 921. The van der Waals surface area contributed by atoms with Crippen LogP contribution in [0.5, 0.6) is 5.75 Å². The molecule has 2 unspecified atom stereocenters. The molecule has 1 saturated heterocycles. The third kappa shape index (κ3) is 3.43. The number of carbonyl (C=O) groups excluding carboxylic acids is 1. The summed E-state index contributed by atoms with van der Waals surface area (Å²) in [5, 5.41) is 4.11. The van der Waals surface area contributed by atoms with Gasteiger partial charge >= 0.3 is 0 Å². The zero-order valence-corrected chi connectivity index (χ0v) is 15.3. The summed E-state index contributed by atoms with van der Waals surface area (Å²) in [6.07, 6.45) is 0. The SMILES string of the molecule is COc1ccc(C(=O)N2CC(C)C(c3nc(-c4ccccc4)no3)C2)cc1. The van der Waals surface area contributed by atoms with Crippen molar-refractivity contribution >= 4 is 5.91 Å². The van der Waals surface area contributed by atoms with Gasteiger partial charge in [-0.1, -0.05) is 42.4 Å². The Balaban J connectivity index is 1.49. The van der Waals surface area contributed by atoms with Crippen molar-refractivity contribution in [1.29, 1.82) is 0 Å². The molecular weight excluding hydrogens is 342 g/mol. The van der Waals surface area contributed by atoms with Gasteiger partial charge in [-0.25, -0.2) is 0 Å². The summed E-state index contributed by atoms with van der Waals surface area (Å²) in [6.45, 7) is 3.35. The van der Waals surface area contributed by atoms with Gasteiger partial charge in [-0.15, -0.1) is 0 Å². The van der Waals surface area contributed by atoms with Gasteiger partial charge in [-0.05, 0) is 30.2 Å². The smallest absolute Gasteiger partial charge is 0.253 e. The van der Waals surface area contributed by atoms with E-state index in [1.165, 1.54) is 0 Å². The maximum atomic E-state index is 12.8. The molecule has 2 heterocycles. The molecular formula is C21H21N3O3. The molecule has 6 heteroatoms. The van der Waals surface area contributed by atoms with Crippen LogP contribution in [0.4, 0.5) is 0 Å². The summed E-state index contributed by atoms with van der Waals surface area (Å²) in [5.74, 6) is 2.20. The fraction of sp³-hybridized carbons (Fsp3) is 0.286. The van der Waals surface area contributed by atoms with E-state index in [9.17, 15) is 4.79 Å². The molecule has 6 nitrogen and oxygen atoms in total. The number of nitrogens with zero attached hydrogens (tertiary/aromatic N) is 3. The summed E-state index contributed by atoms with van der Waals surface area (Å²) < 4.78 is 10.7. The Morgan fingerprint density at radius 3 is 2.56 bits per heavy atom. The lowest BCUT2D eigenvalue weighted by Crippen LogP contribution is -2.28. The molecule has 0 bridgehead atoms. The van der Waals surface area contributed by atoms with E-state index in [-0.39, 0.29) is 17.7 Å². The highest BCUT2D eigenvalue weighted by atomic mass is 16.5. The van der Waals surface area contributed by atoms with Crippen molar-refractivity contribution < 1.29 is 14.1 Å². The van der Waals surface area contributed by atoms with E-state index in [2.05, 4.69) is 17.1 Å². The van der Waals surface area contributed by atoms with Crippen molar-refractivity contribution in [1.82, 2.24) is 15.0 Å². The average Bonchev–Trinajstić information content (AvgIpc) is 3.35. The van der Waals surface area contributed by atoms with Crippen LogP contribution in [0.3, 0.4) is 0 Å². The molecule has 1 amide bonds. The number of hydrogen-bond donors (Lipinski definition) is 0. The quantitative estimate of drug-likeness (QED) is 0.708. The van der Waals surface area contributed by atoms with E-state index in [1.54, 1.807) is 31.4 Å². The van der Waals surface area contributed by atoms with E-state index < -0.39 is 0 Å². The molecule has 138 valence electrons. The number of ether oxygens (including phenoxy) is 1. The Morgan fingerprint density at radius 2 is 1.85 bits per heavy atom. The van der Waals surface area contributed by atoms with Crippen molar-refractivity contribution in [2.24, 2.45) is 5.92 Å². The second-order valence-electron chi connectivity index (χ2n) is 6.84. The maximum Gasteiger partial charge on any atom is 0.253 e. The van der Waals surface area contributed by atoms with E-state index in [0.717, 1.165) is 11.3 Å². The zero-order chi connectivity index (χ0) is 18.8. The molecule has 0 radical (unpaired) electrons. The minimum absolute atomic E-state index is 0.00908. The third-order valence-corrected chi connectivity index (χ3v) is 5.03. The van der Waals surface area contributed by atoms with Crippen molar-refractivity contribution in [3.63, 3.8) is 0 Å². The van der Waals surface area contributed by atoms with Gasteiger partial charge in [0.1, 0.15) is 5.75 Å². The predicted octanol–water partition coefficient (Wildman–Crippen LogP) is 3.62. The Kier molecular flexibility index (Phi) is 4.62. The number of carbonyl (C=O) groups is 1. The van der Waals surface area contributed by atoms with Gasteiger partial charge in [0.15, 0.2) is 0 Å². The molecule has 1 aliphatic rings. The fourth-order valence-electron chi connectivity index (χ4n) is 3.46. The number of likely N-dealkylation sites (tertiary alicyclic amines) is 1. The standard InChI is InChI=1S/C21H21N3O3/c1-14-12-24(21(25)16-8-10-17(26-2)11-9-16)13-18(14)20-22-19(23-27-20)15-6-4-3-5-7-15/h3-11,14,18H,12-13H2,1-2H3. The first-order chi connectivity index (χ1) is 13.2. The van der Waals surface area contributed by atoms with Crippen LogP contribution in [-0.4, -0.2) is 41.1 Å². The first-order valence-electron chi connectivity index (χ1n) is 8.98. The van der Waals surface area contributed by atoms with Gasteiger partial charge in [-0.3, -0.25) is 4.79 Å². The molecule has 0 aliphatic carbocycles. The van der Waals surface area contributed by atoms with E-state index in [1.807, 2.05) is 35.2 Å². The Labute approximate surface area is 157 Å². The Morgan fingerprint density at radius 1 is 1.11 bits per heavy atom. The molecule has 27 heavy (non-hydrogen) atoms. The van der Waals surface area contributed by atoms with Gasteiger partial charge in [-0.2, -0.15) is 4.98 Å². The minimum atomic E-state index is 0.00908. The molecule has 4 rings (SSSR count). The molecule has 0 N–H and O–H groups in total. The lowest BCUT2D eigenvalue weighted by molar-refractivity contribution is 0.0786. The van der Waals surface area contributed by atoms with Crippen LogP contribution >= 0.6 is 0 Å². The summed E-state index contributed by atoms with van der Waals surface area (Å²) in [4.78, 5) is 19.2. The van der Waals surface area contributed by atoms with E-state index in [4.69, 9.17) is 9.26 Å². The van der Waals surface area contributed by atoms with Gasteiger partial charge in [0, 0.05) is 24.2 Å². The lowest BCUT2D eigenvalue weighted by atomic mass is 9.98. The largest absolute Gasteiger partial charge is 0.497 e. The summed E-state index contributed by atoms with van der Waals surface area (Å²) in [6, 6.07) is 16.9. The fourth-order valence-corrected chi connectivity index (χ4v) is 3.46. The predicted molar refractivity (Wildman–Crippen MR) is 101 cm³/mol. The number of methoxy groups -OCH3 is 1. The number of rotatable bonds is 4. The lowest BCUT2D eigenvalue weighted by Gasteiger charge is -2.16. The van der Waals surface area contributed by atoms with Gasteiger partial charge in [0.25, 0.3) is 5.91 Å². The second-order valence-corrected chi connectivity index (χ2v) is 6.84. The Hall–Kier alpha value is -3.15. The van der Waals surface area contributed by atoms with Crippen LogP contribution in [0, 0.1) is 5.92 Å². The highest BCUT2D eigenvalue weighted by molar-refractivity contribution is 5.94. The van der Waals surface area contributed by atoms with Crippen LogP contribution in [-0.2, 0) is 0 Å². The minimum Gasteiger partial charge on any atom is -0.497 e. The zero-order valence-electron chi connectivity index (χ0n) is 15.3. The second kappa shape index (κ2) is 7.23. The van der Waals surface area contributed by atoms with Crippen molar-refractivity contribution in [3.05, 3.63) is 66.1 Å². The van der Waals surface area contributed by atoms with E-state index in [0.29, 0.717) is 30.4 Å². The van der Waals surface area contributed by atoms with Crippen molar-refractivity contribution in [3.8, 4) is 17.1 Å². The number of amides is 1. The topological polar surface area (TPSA) is 68.5 Å². The van der Waals surface area contributed by atoms with Crippen LogP contribution in [0.15, 0.2) is 59.1 Å².